The van der Waals surface area contributed by atoms with Crippen molar-refractivity contribution in [3.8, 4) is 0 Å². The predicted molar refractivity (Wildman–Crippen MR) is 105 cm³/mol. The van der Waals surface area contributed by atoms with E-state index in [0.717, 1.165) is 42.1 Å². The van der Waals surface area contributed by atoms with Crippen LogP contribution < -0.4 is 10.6 Å². The third-order valence-electron chi connectivity index (χ3n) is 4.72. The van der Waals surface area contributed by atoms with Crippen molar-refractivity contribution in [1.82, 2.24) is 10.2 Å². The molecule has 1 aromatic carbocycles. The lowest BCUT2D eigenvalue weighted by atomic mass is 10.0. The molecule has 26 heavy (non-hydrogen) atoms. The van der Waals surface area contributed by atoms with Crippen molar-refractivity contribution in [2.75, 3.05) is 25.5 Å². The molecule has 0 spiro atoms. The number of carbonyl (C=O) groups excluding carboxylic acids is 2. The van der Waals surface area contributed by atoms with Crippen molar-refractivity contribution < 1.29 is 9.59 Å². The first-order chi connectivity index (χ1) is 12.6. The van der Waals surface area contributed by atoms with E-state index in [2.05, 4.69) is 10.6 Å². The normalized spacial score (nSPS) is 16.4. The highest BCUT2D eigenvalue weighted by molar-refractivity contribution is 7.12. The lowest BCUT2D eigenvalue weighted by Gasteiger charge is -2.19. The van der Waals surface area contributed by atoms with Gasteiger partial charge in [0.1, 0.15) is 0 Å². The maximum atomic E-state index is 12.4. The van der Waals surface area contributed by atoms with Gasteiger partial charge in [-0.1, -0.05) is 24.3 Å². The average Bonchev–Trinajstić information content (AvgIpc) is 3.34. The molecule has 138 valence electrons. The molecule has 1 atom stereocenters. The van der Waals surface area contributed by atoms with Gasteiger partial charge in [-0.05, 0) is 54.9 Å². The summed E-state index contributed by atoms with van der Waals surface area (Å²) in [5.74, 6) is 0.636. The van der Waals surface area contributed by atoms with Crippen LogP contribution in [-0.2, 0) is 11.3 Å². The Hall–Kier alpha value is -2.18. The highest BCUT2D eigenvalue weighted by atomic mass is 32.1. The first kappa shape index (κ1) is 18.6. The number of hydrogen-bond acceptors (Lipinski definition) is 4. The average molecular weight is 372 g/mol. The minimum atomic E-state index is -0.00476. The minimum Gasteiger partial charge on any atom is -0.337 e. The molecule has 2 amide bonds. The van der Waals surface area contributed by atoms with Gasteiger partial charge in [0, 0.05) is 25.7 Å². The van der Waals surface area contributed by atoms with Gasteiger partial charge in [0.15, 0.2) is 0 Å². The van der Waals surface area contributed by atoms with Gasteiger partial charge >= 0.3 is 0 Å². The molecule has 2 heterocycles. The van der Waals surface area contributed by atoms with Crippen LogP contribution in [0.25, 0.3) is 0 Å². The number of anilines is 1. The van der Waals surface area contributed by atoms with E-state index in [1.54, 1.807) is 11.9 Å². The van der Waals surface area contributed by atoms with E-state index in [4.69, 9.17) is 0 Å². The molecule has 0 radical (unpaired) electrons. The molecule has 5 nitrogen and oxygen atoms in total. The molecule has 1 fully saturated rings. The summed E-state index contributed by atoms with van der Waals surface area (Å²) in [5.41, 5.74) is 1.73. The largest absolute Gasteiger partial charge is 0.337 e. The fourth-order valence-corrected chi connectivity index (χ4v) is 3.92. The van der Waals surface area contributed by atoms with Crippen molar-refractivity contribution in [2.24, 2.45) is 5.92 Å². The third-order valence-corrected chi connectivity index (χ3v) is 5.58. The molecule has 0 aliphatic carbocycles. The number of nitrogens with zero attached hydrogens (tertiary/aromatic N) is 1. The molecule has 2 aromatic rings. The molecule has 1 aromatic heterocycles. The van der Waals surface area contributed by atoms with Crippen molar-refractivity contribution in [3.05, 3.63) is 52.2 Å². The number of amides is 2. The van der Waals surface area contributed by atoms with Crippen LogP contribution in [0.5, 0.6) is 0 Å². The van der Waals surface area contributed by atoms with E-state index in [9.17, 15) is 9.59 Å². The number of thiophene rings is 1. The van der Waals surface area contributed by atoms with Crippen LogP contribution in [-0.4, -0.2) is 36.9 Å². The molecule has 1 aliphatic rings. The monoisotopic (exact) mass is 371 g/mol. The number of benzene rings is 1. The standard InChI is InChI=1S/C20H25N3O2S/c1-23(20(25)18-7-4-12-26-18)14-16-5-2-3-6-17(16)22-19(24)9-8-15-10-11-21-13-15/h2-7,12,15,21H,8-11,13-14H2,1H3,(H,22,24). The lowest BCUT2D eigenvalue weighted by molar-refractivity contribution is -0.116. The van der Waals surface area contributed by atoms with Gasteiger partial charge in [0.05, 0.1) is 4.88 Å². The Labute approximate surface area is 158 Å². The van der Waals surface area contributed by atoms with Crippen LogP contribution in [0.4, 0.5) is 5.69 Å². The minimum absolute atomic E-state index is 0.00476. The van der Waals surface area contributed by atoms with Crippen molar-refractivity contribution in [1.29, 1.82) is 0 Å². The SMILES string of the molecule is CN(Cc1ccccc1NC(=O)CCC1CCNC1)C(=O)c1cccs1. The van der Waals surface area contributed by atoms with Crippen molar-refractivity contribution >= 4 is 28.8 Å². The van der Waals surface area contributed by atoms with E-state index in [1.807, 2.05) is 41.8 Å². The predicted octanol–water partition coefficient (Wildman–Crippen LogP) is 3.35. The number of hydrogen-bond donors (Lipinski definition) is 2. The van der Waals surface area contributed by atoms with Gasteiger partial charge in [-0.25, -0.2) is 0 Å². The summed E-state index contributed by atoms with van der Waals surface area (Å²) in [4.78, 5) is 27.2. The van der Waals surface area contributed by atoms with Gasteiger partial charge in [-0.15, -0.1) is 11.3 Å². The zero-order valence-corrected chi connectivity index (χ0v) is 15.8. The summed E-state index contributed by atoms with van der Waals surface area (Å²) in [5, 5.41) is 8.25. The van der Waals surface area contributed by atoms with Crippen molar-refractivity contribution in [3.63, 3.8) is 0 Å². The molecule has 1 aliphatic heterocycles. The summed E-state index contributed by atoms with van der Waals surface area (Å²) >= 11 is 1.44. The highest BCUT2D eigenvalue weighted by Crippen LogP contribution is 2.20. The van der Waals surface area contributed by atoms with E-state index in [0.29, 0.717) is 18.9 Å². The fraction of sp³-hybridized carbons (Fsp3) is 0.400. The van der Waals surface area contributed by atoms with Gasteiger partial charge < -0.3 is 15.5 Å². The second-order valence-corrected chi connectivity index (χ2v) is 7.69. The van der Waals surface area contributed by atoms with E-state index in [-0.39, 0.29) is 11.8 Å². The molecule has 6 heteroatoms. The Balaban J connectivity index is 1.58. The van der Waals surface area contributed by atoms with Gasteiger partial charge in [0.25, 0.3) is 5.91 Å². The van der Waals surface area contributed by atoms with Crippen LogP contribution in [0.1, 0.15) is 34.5 Å². The first-order valence-electron chi connectivity index (χ1n) is 9.01. The Bertz CT molecular complexity index is 739. The van der Waals surface area contributed by atoms with Crippen molar-refractivity contribution in [2.45, 2.75) is 25.8 Å². The second kappa shape index (κ2) is 8.96. The Morgan fingerprint density at radius 3 is 2.85 bits per heavy atom. The number of carbonyl (C=O) groups is 2. The maximum absolute atomic E-state index is 12.4. The molecule has 1 unspecified atom stereocenters. The summed E-state index contributed by atoms with van der Waals surface area (Å²) in [6.07, 6.45) is 2.60. The lowest BCUT2D eigenvalue weighted by Crippen LogP contribution is -2.26. The van der Waals surface area contributed by atoms with Crippen LogP contribution in [0.3, 0.4) is 0 Å². The van der Waals surface area contributed by atoms with E-state index >= 15 is 0 Å². The van der Waals surface area contributed by atoms with Crippen LogP contribution in [0, 0.1) is 5.92 Å². The van der Waals surface area contributed by atoms with Gasteiger partial charge in [0.2, 0.25) is 5.91 Å². The summed E-state index contributed by atoms with van der Waals surface area (Å²) in [7, 11) is 1.79. The van der Waals surface area contributed by atoms with Crippen LogP contribution in [0.15, 0.2) is 41.8 Å². The van der Waals surface area contributed by atoms with Gasteiger partial charge in [-0.3, -0.25) is 9.59 Å². The number of rotatable bonds is 7. The Morgan fingerprint density at radius 2 is 2.12 bits per heavy atom. The maximum Gasteiger partial charge on any atom is 0.263 e. The smallest absolute Gasteiger partial charge is 0.263 e. The summed E-state index contributed by atoms with van der Waals surface area (Å²) in [6, 6.07) is 11.4. The quantitative estimate of drug-likeness (QED) is 0.785. The highest BCUT2D eigenvalue weighted by Gasteiger charge is 2.17. The zero-order valence-electron chi connectivity index (χ0n) is 15.0. The number of nitrogens with one attached hydrogen (secondary N) is 2. The molecule has 3 rings (SSSR count). The van der Waals surface area contributed by atoms with E-state index in [1.165, 1.54) is 11.3 Å². The molecular weight excluding hydrogens is 346 g/mol. The molecule has 0 saturated carbocycles. The molecule has 0 bridgehead atoms. The third kappa shape index (κ3) is 4.93. The second-order valence-electron chi connectivity index (χ2n) is 6.74. The zero-order chi connectivity index (χ0) is 18.4. The fourth-order valence-electron chi connectivity index (χ4n) is 3.20. The molecule has 2 N–H and O–H groups in total. The molecule has 1 saturated heterocycles. The Morgan fingerprint density at radius 1 is 1.27 bits per heavy atom. The molecular formula is C20H25N3O2S. The van der Waals surface area contributed by atoms with Crippen LogP contribution >= 0.6 is 11.3 Å². The summed E-state index contributed by atoms with van der Waals surface area (Å²) in [6.45, 7) is 2.53. The topological polar surface area (TPSA) is 61.4 Å². The summed E-state index contributed by atoms with van der Waals surface area (Å²) < 4.78 is 0. The Kier molecular flexibility index (Phi) is 6.41. The van der Waals surface area contributed by atoms with Gasteiger partial charge in [-0.2, -0.15) is 0 Å². The first-order valence-corrected chi connectivity index (χ1v) is 9.89. The van der Waals surface area contributed by atoms with Crippen LogP contribution in [0.2, 0.25) is 0 Å². The van der Waals surface area contributed by atoms with E-state index < -0.39 is 0 Å². The number of para-hydroxylation sites is 1.